The van der Waals surface area contributed by atoms with Gasteiger partial charge in [-0.05, 0) is 38.1 Å². The molecule has 0 spiro atoms. The third-order valence-electron chi connectivity index (χ3n) is 4.72. The third-order valence-corrected chi connectivity index (χ3v) is 4.72. The normalized spacial score (nSPS) is 13.9. The van der Waals surface area contributed by atoms with E-state index in [1.165, 1.54) is 5.56 Å². The number of carbonyl (C=O) groups excluding carboxylic acids is 1. The van der Waals surface area contributed by atoms with Gasteiger partial charge >= 0.3 is 0 Å². The topological polar surface area (TPSA) is 67.4 Å². The van der Waals surface area contributed by atoms with Crippen molar-refractivity contribution in [3.05, 3.63) is 59.4 Å². The molecule has 2 aromatic heterocycles. The van der Waals surface area contributed by atoms with Crippen LogP contribution in [0.5, 0.6) is 0 Å². The van der Waals surface area contributed by atoms with Crippen molar-refractivity contribution in [1.29, 1.82) is 0 Å². The van der Waals surface area contributed by atoms with Crippen LogP contribution in [0.4, 0.5) is 11.4 Å². The monoisotopic (exact) mass is 398 g/mol. The van der Waals surface area contributed by atoms with Gasteiger partial charge in [0.2, 0.25) is 0 Å². The van der Waals surface area contributed by atoms with Crippen molar-refractivity contribution in [2.45, 2.75) is 13.8 Å². The van der Waals surface area contributed by atoms with Crippen LogP contribution in [0, 0.1) is 13.8 Å². The van der Waals surface area contributed by atoms with Crippen LogP contribution in [0.15, 0.2) is 42.6 Å². The molecule has 3 aromatic rings. The van der Waals surface area contributed by atoms with Crippen molar-refractivity contribution in [1.82, 2.24) is 14.9 Å². The summed E-state index contributed by atoms with van der Waals surface area (Å²) in [5.41, 5.74) is 4.92. The highest BCUT2D eigenvalue weighted by atomic mass is 35.5. The average molecular weight is 399 g/mol. The molecule has 0 atom stereocenters. The number of amides is 1. The number of carbonyl (C=O) groups is 1. The van der Waals surface area contributed by atoms with Crippen LogP contribution in [0.1, 0.15) is 21.6 Å². The zero-order valence-electron chi connectivity index (χ0n) is 15.9. The summed E-state index contributed by atoms with van der Waals surface area (Å²) in [4.78, 5) is 23.9. The van der Waals surface area contributed by atoms with Crippen molar-refractivity contribution in [2.24, 2.45) is 0 Å². The van der Waals surface area contributed by atoms with Gasteiger partial charge in [0.1, 0.15) is 0 Å². The van der Waals surface area contributed by atoms with Crippen LogP contribution in [-0.2, 0) is 4.74 Å². The standard InChI is InChI=1S/C21H22N4O2.ClH/c1-14-3-6-16(7-4-14)24-19-17-8-5-15(2)23-20(17)22-13-18(19)21(26)25-9-11-27-12-10-25;/h3-8,13H,9-12H2,1-2H3,(H,22,23,24);1H. The van der Waals surface area contributed by atoms with Gasteiger partial charge in [-0.25, -0.2) is 9.97 Å². The molecule has 0 saturated carbocycles. The first-order valence-electron chi connectivity index (χ1n) is 9.09. The van der Waals surface area contributed by atoms with E-state index in [2.05, 4.69) is 15.3 Å². The third kappa shape index (κ3) is 4.08. The van der Waals surface area contributed by atoms with Crippen molar-refractivity contribution in [3.8, 4) is 0 Å². The Morgan fingerprint density at radius 1 is 1.07 bits per heavy atom. The van der Waals surface area contributed by atoms with E-state index in [1.807, 2.05) is 55.1 Å². The second-order valence-corrected chi connectivity index (χ2v) is 6.77. The van der Waals surface area contributed by atoms with Crippen molar-refractivity contribution in [3.63, 3.8) is 0 Å². The minimum absolute atomic E-state index is 0. The summed E-state index contributed by atoms with van der Waals surface area (Å²) < 4.78 is 5.37. The molecule has 0 aliphatic carbocycles. The molecule has 3 heterocycles. The zero-order chi connectivity index (χ0) is 18.8. The quantitative estimate of drug-likeness (QED) is 0.725. The Hall–Kier alpha value is -2.70. The minimum atomic E-state index is -0.0390. The number of fused-ring (bicyclic) bond motifs is 1. The predicted molar refractivity (Wildman–Crippen MR) is 113 cm³/mol. The maximum absolute atomic E-state index is 13.1. The van der Waals surface area contributed by atoms with Crippen LogP contribution >= 0.6 is 12.4 Å². The predicted octanol–water partition coefficient (Wildman–Crippen LogP) is 3.88. The lowest BCUT2D eigenvalue weighted by Crippen LogP contribution is -2.41. The van der Waals surface area contributed by atoms with Gasteiger partial charge in [0, 0.05) is 36.1 Å². The van der Waals surface area contributed by atoms with E-state index in [0.717, 1.165) is 22.5 Å². The Kier molecular flexibility index (Phi) is 6.11. The second kappa shape index (κ2) is 8.54. The van der Waals surface area contributed by atoms with E-state index in [-0.39, 0.29) is 18.3 Å². The molecule has 7 heteroatoms. The first kappa shape index (κ1) is 20.0. The molecule has 1 amide bonds. The Morgan fingerprint density at radius 3 is 2.50 bits per heavy atom. The number of rotatable bonds is 3. The van der Waals surface area contributed by atoms with Gasteiger partial charge in [0.15, 0.2) is 5.65 Å². The van der Waals surface area contributed by atoms with E-state index >= 15 is 0 Å². The lowest BCUT2D eigenvalue weighted by atomic mass is 10.1. The highest BCUT2D eigenvalue weighted by molar-refractivity contribution is 6.07. The van der Waals surface area contributed by atoms with E-state index in [9.17, 15) is 4.79 Å². The van der Waals surface area contributed by atoms with Crippen LogP contribution in [0.3, 0.4) is 0 Å². The van der Waals surface area contributed by atoms with Gasteiger partial charge in [-0.3, -0.25) is 4.79 Å². The van der Waals surface area contributed by atoms with Gasteiger partial charge in [-0.2, -0.15) is 0 Å². The summed E-state index contributed by atoms with van der Waals surface area (Å²) in [5.74, 6) is -0.0390. The number of nitrogens with one attached hydrogen (secondary N) is 1. The van der Waals surface area contributed by atoms with Gasteiger partial charge in [0.05, 0.1) is 24.5 Å². The smallest absolute Gasteiger partial charge is 0.257 e. The summed E-state index contributed by atoms with van der Waals surface area (Å²) in [5, 5.41) is 4.26. The molecule has 1 aliphatic heterocycles. The zero-order valence-corrected chi connectivity index (χ0v) is 16.8. The number of aromatic nitrogens is 2. The van der Waals surface area contributed by atoms with Crippen LogP contribution in [0.25, 0.3) is 11.0 Å². The molecule has 4 rings (SSSR count). The summed E-state index contributed by atoms with van der Waals surface area (Å²) >= 11 is 0. The number of hydrogen-bond donors (Lipinski definition) is 1. The lowest BCUT2D eigenvalue weighted by molar-refractivity contribution is 0.0303. The fraction of sp³-hybridized carbons (Fsp3) is 0.286. The fourth-order valence-electron chi connectivity index (χ4n) is 3.19. The molecule has 1 N–H and O–H groups in total. The number of morpholine rings is 1. The second-order valence-electron chi connectivity index (χ2n) is 6.77. The Balaban J connectivity index is 0.00000225. The fourth-order valence-corrected chi connectivity index (χ4v) is 3.19. The maximum atomic E-state index is 13.1. The molecule has 1 aliphatic rings. The van der Waals surface area contributed by atoms with Gasteiger partial charge < -0.3 is 15.0 Å². The van der Waals surface area contributed by atoms with E-state index in [0.29, 0.717) is 37.5 Å². The number of pyridine rings is 2. The number of ether oxygens (including phenoxy) is 1. The summed E-state index contributed by atoms with van der Waals surface area (Å²) in [6.07, 6.45) is 1.63. The SMILES string of the molecule is Cc1ccc(Nc2c(C(=O)N3CCOCC3)cnc3nc(C)ccc23)cc1.Cl. The van der Waals surface area contributed by atoms with Crippen LogP contribution in [0.2, 0.25) is 0 Å². The number of halogens is 1. The Bertz CT molecular complexity index is 986. The molecule has 1 saturated heterocycles. The van der Waals surface area contributed by atoms with Crippen molar-refractivity contribution in [2.75, 3.05) is 31.6 Å². The molecular formula is C21H23ClN4O2. The lowest BCUT2D eigenvalue weighted by Gasteiger charge is -2.27. The number of hydrogen-bond acceptors (Lipinski definition) is 5. The van der Waals surface area contributed by atoms with E-state index in [4.69, 9.17) is 4.74 Å². The minimum Gasteiger partial charge on any atom is -0.378 e. The van der Waals surface area contributed by atoms with Crippen LogP contribution in [-0.4, -0.2) is 47.1 Å². The largest absolute Gasteiger partial charge is 0.378 e. The first-order chi connectivity index (χ1) is 13.1. The number of anilines is 2. The molecule has 0 unspecified atom stereocenters. The first-order valence-corrected chi connectivity index (χ1v) is 9.09. The van der Waals surface area contributed by atoms with Gasteiger partial charge in [-0.1, -0.05) is 17.7 Å². The molecular weight excluding hydrogens is 376 g/mol. The number of nitrogens with zero attached hydrogens (tertiary/aromatic N) is 3. The molecule has 0 radical (unpaired) electrons. The molecule has 0 bridgehead atoms. The summed E-state index contributed by atoms with van der Waals surface area (Å²) in [6.45, 7) is 6.29. The Morgan fingerprint density at radius 2 is 1.79 bits per heavy atom. The van der Waals surface area contributed by atoms with Gasteiger partial charge in [0.25, 0.3) is 5.91 Å². The van der Waals surface area contributed by atoms with Crippen molar-refractivity contribution >= 4 is 40.7 Å². The molecule has 146 valence electrons. The summed E-state index contributed by atoms with van der Waals surface area (Å²) in [7, 11) is 0. The highest BCUT2D eigenvalue weighted by Gasteiger charge is 2.23. The highest BCUT2D eigenvalue weighted by Crippen LogP contribution is 2.30. The van der Waals surface area contributed by atoms with Crippen molar-refractivity contribution < 1.29 is 9.53 Å². The number of aryl methyl sites for hydroxylation is 2. The van der Waals surface area contributed by atoms with Gasteiger partial charge in [-0.15, -0.1) is 12.4 Å². The van der Waals surface area contributed by atoms with E-state index in [1.54, 1.807) is 6.20 Å². The molecule has 6 nitrogen and oxygen atoms in total. The average Bonchev–Trinajstić information content (AvgIpc) is 2.70. The molecule has 1 fully saturated rings. The van der Waals surface area contributed by atoms with Crippen LogP contribution < -0.4 is 5.32 Å². The molecule has 28 heavy (non-hydrogen) atoms. The molecule has 1 aromatic carbocycles. The summed E-state index contributed by atoms with van der Waals surface area (Å²) in [6, 6.07) is 12.0. The van der Waals surface area contributed by atoms with E-state index < -0.39 is 0 Å². The maximum Gasteiger partial charge on any atom is 0.257 e. The Labute approximate surface area is 170 Å². The number of benzene rings is 1.